The number of carbonyl (C=O) groups is 1. The summed E-state index contributed by atoms with van der Waals surface area (Å²) in [4.78, 5) is 14.7. The minimum atomic E-state index is -0.939. The molecule has 1 atom stereocenters. The Balaban J connectivity index is 0.00000137. The van der Waals surface area contributed by atoms with Crippen LogP contribution in [-0.2, 0) is 4.79 Å². The van der Waals surface area contributed by atoms with Crippen LogP contribution in [0.3, 0.4) is 0 Å². The minimum absolute atomic E-state index is 0.0486. The predicted molar refractivity (Wildman–Crippen MR) is 68.5 cm³/mol. The van der Waals surface area contributed by atoms with Crippen LogP contribution in [0.25, 0.3) is 0 Å². The summed E-state index contributed by atoms with van der Waals surface area (Å²) in [5, 5.41) is 20.2. The number of aromatic nitrogens is 1. The molecule has 0 radical (unpaired) electrons. The molecule has 1 heterocycles. The number of nitrogens with zero attached hydrogens (tertiary/aromatic N) is 1. The number of carbonyl (C=O) groups excluding carboxylic acids is 1. The topological polar surface area (TPSA) is 91.7 Å². The largest absolute Gasteiger partial charge is 0.475 e. The van der Waals surface area contributed by atoms with Gasteiger partial charge in [0.1, 0.15) is 12.7 Å². The summed E-state index contributed by atoms with van der Waals surface area (Å²) in [7, 11) is 0. The van der Waals surface area contributed by atoms with Crippen LogP contribution in [0.1, 0.15) is 20.8 Å². The lowest BCUT2D eigenvalue weighted by atomic mass is 10.4. The third-order valence-corrected chi connectivity index (χ3v) is 1.69. The number of hydrogen-bond donors (Lipinski definition) is 3. The molecule has 0 aliphatic heterocycles. The van der Waals surface area contributed by atoms with Gasteiger partial charge in [0.25, 0.3) is 0 Å². The first kappa shape index (κ1) is 16.3. The van der Waals surface area contributed by atoms with E-state index in [1.165, 1.54) is 19.2 Å². The zero-order chi connectivity index (χ0) is 14.0. The van der Waals surface area contributed by atoms with Crippen LogP contribution >= 0.6 is 0 Å². The number of aliphatic hydroxyl groups is 2. The first-order valence-corrected chi connectivity index (χ1v) is 5.77. The van der Waals surface area contributed by atoms with Crippen molar-refractivity contribution in [3.05, 3.63) is 18.3 Å². The first-order chi connectivity index (χ1) is 8.61. The fourth-order valence-electron chi connectivity index (χ4n) is 1.00. The molecule has 0 spiro atoms. The van der Waals surface area contributed by atoms with Gasteiger partial charge in [-0.3, -0.25) is 4.79 Å². The Kier molecular flexibility index (Phi) is 8.51. The molecule has 0 fully saturated rings. The van der Waals surface area contributed by atoms with Crippen molar-refractivity contribution in [2.75, 3.05) is 18.5 Å². The van der Waals surface area contributed by atoms with Crippen molar-refractivity contribution in [3.63, 3.8) is 0 Å². The summed E-state index contributed by atoms with van der Waals surface area (Å²) in [6.45, 7) is 4.98. The molecule has 1 aromatic rings. The lowest BCUT2D eigenvalue weighted by Gasteiger charge is -2.09. The molecular formula is C12H20N2O4. The van der Waals surface area contributed by atoms with E-state index in [0.29, 0.717) is 5.69 Å². The molecule has 0 saturated heterocycles. The summed E-state index contributed by atoms with van der Waals surface area (Å²) < 4.78 is 5.11. The second-order valence-electron chi connectivity index (χ2n) is 3.21. The SMILES string of the molecule is CC.CC(=O)Nc1ccnc(OCC(O)CO)c1. The Bertz CT molecular complexity index is 358. The van der Waals surface area contributed by atoms with Crippen LogP contribution in [0.4, 0.5) is 5.69 Å². The van der Waals surface area contributed by atoms with E-state index >= 15 is 0 Å². The molecule has 6 heteroatoms. The van der Waals surface area contributed by atoms with E-state index in [2.05, 4.69) is 10.3 Å². The Labute approximate surface area is 107 Å². The van der Waals surface area contributed by atoms with Crippen molar-refractivity contribution in [1.82, 2.24) is 4.98 Å². The van der Waals surface area contributed by atoms with Crippen molar-refractivity contribution in [2.24, 2.45) is 0 Å². The molecular weight excluding hydrogens is 236 g/mol. The van der Waals surface area contributed by atoms with E-state index in [0.717, 1.165) is 0 Å². The number of hydrogen-bond acceptors (Lipinski definition) is 5. The molecule has 0 aromatic carbocycles. The molecule has 6 nitrogen and oxygen atoms in total. The van der Waals surface area contributed by atoms with Crippen molar-refractivity contribution >= 4 is 11.6 Å². The molecule has 102 valence electrons. The van der Waals surface area contributed by atoms with E-state index in [1.54, 1.807) is 6.07 Å². The van der Waals surface area contributed by atoms with Gasteiger partial charge in [-0.05, 0) is 6.07 Å². The molecule has 3 N–H and O–H groups in total. The maximum atomic E-state index is 10.8. The summed E-state index contributed by atoms with van der Waals surface area (Å²) in [6, 6.07) is 3.15. The Morgan fingerprint density at radius 2 is 2.22 bits per heavy atom. The molecule has 1 aromatic heterocycles. The van der Waals surface area contributed by atoms with Gasteiger partial charge in [-0.15, -0.1) is 0 Å². The zero-order valence-electron chi connectivity index (χ0n) is 10.9. The molecule has 0 aliphatic carbocycles. The van der Waals surface area contributed by atoms with Gasteiger partial charge < -0.3 is 20.3 Å². The lowest BCUT2D eigenvalue weighted by molar-refractivity contribution is -0.114. The van der Waals surface area contributed by atoms with Gasteiger partial charge in [0.2, 0.25) is 11.8 Å². The summed E-state index contributed by atoms with van der Waals surface area (Å²) in [5.74, 6) is 0.0892. The minimum Gasteiger partial charge on any atom is -0.475 e. The number of aliphatic hydroxyl groups excluding tert-OH is 2. The average molecular weight is 256 g/mol. The first-order valence-electron chi connectivity index (χ1n) is 5.77. The highest BCUT2D eigenvalue weighted by Gasteiger charge is 2.04. The predicted octanol–water partition coefficient (Wildman–Crippen LogP) is 0.798. The molecule has 0 aliphatic rings. The van der Waals surface area contributed by atoms with Gasteiger partial charge in [-0.2, -0.15) is 0 Å². The highest BCUT2D eigenvalue weighted by atomic mass is 16.5. The van der Waals surface area contributed by atoms with Gasteiger partial charge in [0.15, 0.2) is 0 Å². The monoisotopic (exact) mass is 256 g/mol. The molecule has 1 amide bonds. The average Bonchev–Trinajstić information content (AvgIpc) is 2.38. The second kappa shape index (κ2) is 9.38. The van der Waals surface area contributed by atoms with E-state index in [-0.39, 0.29) is 25.0 Å². The highest BCUT2D eigenvalue weighted by Crippen LogP contribution is 2.13. The van der Waals surface area contributed by atoms with Crippen molar-refractivity contribution < 1.29 is 19.7 Å². The van der Waals surface area contributed by atoms with Crippen molar-refractivity contribution in [2.45, 2.75) is 26.9 Å². The van der Waals surface area contributed by atoms with Crippen molar-refractivity contribution in [1.29, 1.82) is 0 Å². The normalized spacial score (nSPS) is 10.9. The fourth-order valence-corrected chi connectivity index (χ4v) is 1.00. The van der Waals surface area contributed by atoms with Gasteiger partial charge in [0, 0.05) is 24.9 Å². The zero-order valence-corrected chi connectivity index (χ0v) is 10.9. The van der Waals surface area contributed by atoms with E-state index in [4.69, 9.17) is 14.9 Å². The highest BCUT2D eigenvalue weighted by molar-refractivity contribution is 5.88. The number of pyridine rings is 1. The molecule has 18 heavy (non-hydrogen) atoms. The smallest absolute Gasteiger partial charge is 0.221 e. The van der Waals surface area contributed by atoms with Crippen LogP contribution in [0.2, 0.25) is 0 Å². The Morgan fingerprint density at radius 1 is 1.56 bits per heavy atom. The number of ether oxygens (including phenoxy) is 1. The second-order valence-corrected chi connectivity index (χ2v) is 3.21. The Morgan fingerprint density at radius 3 is 2.78 bits per heavy atom. The molecule has 0 bridgehead atoms. The standard InChI is InChI=1S/C10H14N2O4.C2H6/c1-7(14)12-8-2-3-11-10(4-8)16-6-9(15)5-13;1-2/h2-4,9,13,15H,5-6H2,1H3,(H,11,12,14);1-2H3. The van der Waals surface area contributed by atoms with E-state index < -0.39 is 6.10 Å². The Hall–Kier alpha value is -1.66. The van der Waals surface area contributed by atoms with Crippen LogP contribution in [0, 0.1) is 0 Å². The van der Waals surface area contributed by atoms with Crippen LogP contribution in [0.5, 0.6) is 5.88 Å². The summed E-state index contributed by atoms with van der Waals surface area (Å²) in [5.41, 5.74) is 0.566. The number of rotatable bonds is 5. The van der Waals surface area contributed by atoms with Crippen molar-refractivity contribution in [3.8, 4) is 5.88 Å². The van der Waals surface area contributed by atoms with E-state index in [9.17, 15) is 4.79 Å². The maximum absolute atomic E-state index is 10.8. The fraction of sp³-hybridized carbons (Fsp3) is 0.500. The quantitative estimate of drug-likeness (QED) is 0.724. The summed E-state index contributed by atoms with van der Waals surface area (Å²) in [6.07, 6.45) is 0.539. The lowest BCUT2D eigenvalue weighted by Crippen LogP contribution is -2.21. The van der Waals surface area contributed by atoms with Gasteiger partial charge >= 0.3 is 0 Å². The molecule has 1 rings (SSSR count). The van der Waals surface area contributed by atoms with Crippen LogP contribution < -0.4 is 10.1 Å². The van der Waals surface area contributed by atoms with E-state index in [1.807, 2.05) is 13.8 Å². The van der Waals surface area contributed by atoms with Crippen LogP contribution in [-0.4, -0.2) is 40.4 Å². The molecule has 1 unspecified atom stereocenters. The number of amides is 1. The van der Waals surface area contributed by atoms with Gasteiger partial charge in [-0.1, -0.05) is 13.8 Å². The third kappa shape index (κ3) is 6.82. The van der Waals surface area contributed by atoms with Gasteiger partial charge in [-0.25, -0.2) is 4.98 Å². The number of anilines is 1. The summed E-state index contributed by atoms with van der Waals surface area (Å²) >= 11 is 0. The van der Waals surface area contributed by atoms with Crippen LogP contribution in [0.15, 0.2) is 18.3 Å². The molecule has 0 saturated carbocycles. The third-order valence-electron chi connectivity index (χ3n) is 1.69. The number of nitrogens with one attached hydrogen (secondary N) is 1. The van der Waals surface area contributed by atoms with Gasteiger partial charge in [0.05, 0.1) is 6.61 Å². The maximum Gasteiger partial charge on any atom is 0.221 e.